The highest BCUT2D eigenvalue weighted by Gasteiger charge is 2.27. The van der Waals surface area contributed by atoms with Gasteiger partial charge in [-0.05, 0) is 26.7 Å². The molecule has 0 rings (SSSR count). The maximum Gasteiger partial charge on any atom is 0.196 e. The van der Waals surface area contributed by atoms with Gasteiger partial charge in [-0.3, -0.25) is 0 Å². The van der Waals surface area contributed by atoms with Crippen LogP contribution in [-0.4, -0.2) is 21.8 Å². The Morgan fingerprint density at radius 1 is 1.00 bits per heavy atom. The summed E-state index contributed by atoms with van der Waals surface area (Å²) in [7, 11) is 0. The van der Waals surface area contributed by atoms with Crippen molar-refractivity contribution in [2.24, 2.45) is 5.92 Å². The van der Waals surface area contributed by atoms with Gasteiger partial charge in [-0.1, -0.05) is 34.1 Å². The molecule has 1 unspecified atom stereocenters. The van der Waals surface area contributed by atoms with Crippen LogP contribution in [0.1, 0.15) is 61.3 Å². The van der Waals surface area contributed by atoms with Gasteiger partial charge in [-0.25, -0.2) is 0 Å². The van der Waals surface area contributed by atoms with Gasteiger partial charge < -0.3 is 10.2 Å². The molecule has 16 heavy (non-hydrogen) atoms. The van der Waals surface area contributed by atoms with Gasteiger partial charge in [0.25, 0.3) is 0 Å². The lowest BCUT2D eigenvalue weighted by molar-refractivity contribution is -0.484. The van der Waals surface area contributed by atoms with Crippen molar-refractivity contribution in [1.82, 2.24) is 0 Å². The van der Waals surface area contributed by atoms with E-state index in [0.717, 1.165) is 0 Å². The molecule has 0 spiro atoms. The van der Waals surface area contributed by atoms with Gasteiger partial charge in [-0.15, -0.1) is 0 Å². The van der Waals surface area contributed by atoms with E-state index in [1.54, 1.807) is 0 Å². The van der Waals surface area contributed by atoms with Crippen LogP contribution in [0.4, 0.5) is 0 Å². The fourth-order valence-electron chi connectivity index (χ4n) is 0.983. The van der Waals surface area contributed by atoms with E-state index in [0.29, 0.717) is 12.3 Å². The van der Waals surface area contributed by atoms with Crippen molar-refractivity contribution in [3.05, 3.63) is 0 Å². The SMILES string of the molecule is CC(C)CC(C)(O)OOC(C)(C)O.CCC. The van der Waals surface area contributed by atoms with Crippen molar-refractivity contribution in [1.29, 1.82) is 0 Å². The van der Waals surface area contributed by atoms with Crippen LogP contribution >= 0.6 is 0 Å². The third kappa shape index (κ3) is 16.3. The molecule has 0 radical (unpaired) electrons. The minimum Gasteiger partial charge on any atom is -0.364 e. The standard InChI is InChI=1S/C9H20O4.C3H8/c1-7(2)6-9(5,11)13-12-8(3,4)10;1-3-2/h7,10-11H,6H2,1-5H3;3H2,1-2H3. The summed E-state index contributed by atoms with van der Waals surface area (Å²) in [6, 6.07) is 0. The van der Waals surface area contributed by atoms with Gasteiger partial charge >= 0.3 is 0 Å². The Labute approximate surface area is 99.5 Å². The molecule has 2 N–H and O–H groups in total. The van der Waals surface area contributed by atoms with Crippen LogP contribution in [0.15, 0.2) is 0 Å². The van der Waals surface area contributed by atoms with Crippen molar-refractivity contribution >= 4 is 0 Å². The van der Waals surface area contributed by atoms with E-state index in [9.17, 15) is 5.11 Å². The molecule has 0 saturated carbocycles. The molecule has 0 aliphatic rings. The molecule has 100 valence electrons. The molecule has 1 atom stereocenters. The van der Waals surface area contributed by atoms with Gasteiger partial charge in [0.1, 0.15) is 0 Å². The van der Waals surface area contributed by atoms with Crippen molar-refractivity contribution in [2.45, 2.75) is 72.9 Å². The van der Waals surface area contributed by atoms with Crippen LogP contribution in [-0.2, 0) is 9.78 Å². The Balaban J connectivity index is 0. The van der Waals surface area contributed by atoms with Gasteiger partial charge in [-0.2, -0.15) is 9.78 Å². The Morgan fingerprint density at radius 3 is 1.62 bits per heavy atom. The first kappa shape index (κ1) is 18.2. The second-order valence-corrected chi connectivity index (χ2v) is 5.09. The first-order chi connectivity index (χ1) is 7.04. The summed E-state index contributed by atoms with van der Waals surface area (Å²) in [6.07, 6.45) is 1.70. The van der Waals surface area contributed by atoms with E-state index < -0.39 is 11.6 Å². The number of hydrogen-bond donors (Lipinski definition) is 2. The minimum atomic E-state index is -1.39. The zero-order chi connectivity index (χ0) is 13.4. The lowest BCUT2D eigenvalue weighted by Gasteiger charge is -2.27. The topological polar surface area (TPSA) is 58.9 Å². The third-order valence-corrected chi connectivity index (χ3v) is 1.21. The largest absolute Gasteiger partial charge is 0.364 e. The monoisotopic (exact) mass is 236 g/mol. The normalized spacial score (nSPS) is 15.4. The van der Waals surface area contributed by atoms with Gasteiger partial charge in [0.05, 0.1) is 0 Å². The van der Waals surface area contributed by atoms with E-state index in [1.807, 2.05) is 13.8 Å². The van der Waals surface area contributed by atoms with Crippen molar-refractivity contribution in [2.75, 3.05) is 0 Å². The van der Waals surface area contributed by atoms with Crippen molar-refractivity contribution in [3.8, 4) is 0 Å². The molecule has 0 fully saturated rings. The Morgan fingerprint density at radius 2 is 1.38 bits per heavy atom. The fourth-order valence-corrected chi connectivity index (χ4v) is 0.983. The first-order valence-electron chi connectivity index (χ1n) is 5.85. The summed E-state index contributed by atoms with van der Waals surface area (Å²) in [4.78, 5) is 9.31. The van der Waals surface area contributed by atoms with Crippen LogP contribution in [0.5, 0.6) is 0 Å². The molecule has 0 aromatic carbocycles. The molecule has 0 heterocycles. The van der Waals surface area contributed by atoms with Crippen molar-refractivity contribution < 1.29 is 20.0 Å². The smallest absolute Gasteiger partial charge is 0.196 e. The predicted molar refractivity (Wildman–Crippen MR) is 64.5 cm³/mol. The van der Waals surface area contributed by atoms with E-state index in [1.165, 1.54) is 27.2 Å². The zero-order valence-electron chi connectivity index (χ0n) is 11.7. The zero-order valence-corrected chi connectivity index (χ0v) is 11.7. The molecule has 0 amide bonds. The summed E-state index contributed by atoms with van der Waals surface area (Å²) in [5.41, 5.74) is 0. The van der Waals surface area contributed by atoms with Crippen LogP contribution < -0.4 is 0 Å². The summed E-state index contributed by atoms with van der Waals surface area (Å²) in [5, 5.41) is 18.7. The first-order valence-corrected chi connectivity index (χ1v) is 5.85. The predicted octanol–water partition coefficient (Wildman–Crippen LogP) is 2.83. The molecule has 4 heteroatoms. The molecule has 4 nitrogen and oxygen atoms in total. The van der Waals surface area contributed by atoms with Crippen LogP contribution in [0, 0.1) is 5.92 Å². The summed E-state index contributed by atoms with van der Waals surface area (Å²) in [6.45, 7) is 12.5. The van der Waals surface area contributed by atoms with Crippen LogP contribution in [0.2, 0.25) is 0 Å². The lowest BCUT2D eigenvalue weighted by atomic mass is 10.1. The average molecular weight is 236 g/mol. The fraction of sp³-hybridized carbons (Fsp3) is 1.00. The van der Waals surface area contributed by atoms with Gasteiger partial charge in [0.2, 0.25) is 0 Å². The van der Waals surface area contributed by atoms with Gasteiger partial charge in [0, 0.05) is 6.42 Å². The molecule has 0 aromatic heterocycles. The van der Waals surface area contributed by atoms with Crippen molar-refractivity contribution in [3.63, 3.8) is 0 Å². The van der Waals surface area contributed by atoms with Crippen LogP contribution in [0.25, 0.3) is 0 Å². The number of rotatable bonds is 5. The molecule has 0 saturated heterocycles. The third-order valence-electron chi connectivity index (χ3n) is 1.21. The molecular weight excluding hydrogens is 208 g/mol. The maximum absolute atomic E-state index is 9.59. The average Bonchev–Trinajstić information content (AvgIpc) is 1.99. The number of aliphatic hydroxyl groups is 2. The molecule has 0 bridgehead atoms. The summed E-state index contributed by atoms with van der Waals surface area (Å²) >= 11 is 0. The van der Waals surface area contributed by atoms with E-state index in [4.69, 9.17) is 9.99 Å². The van der Waals surface area contributed by atoms with E-state index in [2.05, 4.69) is 18.7 Å². The molecule has 0 aliphatic heterocycles. The highest BCUT2D eigenvalue weighted by Crippen LogP contribution is 2.20. The lowest BCUT2D eigenvalue weighted by Crippen LogP contribution is -2.35. The summed E-state index contributed by atoms with van der Waals surface area (Å²) < 4.78 is 0. The van der Waals surface area contributed by atoms with Gasteiger partial charge in [0.15, 0.2) is 11.6 Å². The molecule has 0 aliphatic carbocycles. The summed E-state index contributed by atoms with van der Waals surface area (Å²) in [5.74, 6) is -2.45. The maximum atomic E-state index is 9.59. The van der Waals surface area contributed by atoms with E-state index >= 15 is 0 Å². The second kappa shape index (κ2) is 8.01. The Kier molecular flexibility index (Phi) is 9.12. The number of hydrogen-bond acceptors (Lipinski definition) is 4. The minimum absolute atomic E-state index is 0.292. The Bertz CT molecular complexity index is 159. The molecule has 0 aromatic rings. The molecular formula is C12H28O4. The highest BCUT2D eigenvalue weighted by molar-refractivity contribution is 4.60. The van der Waals surface area contributed by atoms with E-state index in [-0.39, 0.29) is 0 Å². The Hall–Kier alpha value is -0.160. The van der Waals surface area contributed by atoms with Crippen LogP contribution in [0.3, 0.4) is 0 Å². The second-order valence-electron chi connectivity index (χ2n) is 5.09. The quantitative estimate of drug-likeness (QED) is 0.438. The highest BCUT2D eigenvalue weighted by atomic mass is 17.2.